The first-order valence-electron chi connectivity index (χ1n) is 11.3. The highest BCUT2D eigenvalue weighted by molar-refractivity contribution is 5.92. The summed E-state index contributed by atoms with van der Waals surface area (Å²) in [5.74, 6) is 0. The molecule has 3 aromatic rings. The van der Waals surface area contributed by atoms with Crippen LogP contribution in [0.2, 0.25) is 0 Å². The van der Waals surface area contributed by atoms with Crippen molar-refractivity contribution in [1.29, 1.82) is 0 Å². The Kier molecular flexibility index (Phi) is 4.80. The lowest BCUT2D eigenvalue weighted by molar-refractivity contribution is -0.0134. The maximum absolute atomic E-state index is 13.4. The van der Waals surface area contributed by atoms with Crippen LogP contribution in [0.25, 0.3) is 28.0 Å². The van der Waals surface area contributed by atoms with Crippen molar-refractivity contribution >= 4 is 10.9 Å². The number of benzene rings is 2. The van der Waals surface area contributed by atoms with Crippen LogP contribution in [-0.2, 0) is 11.3 Å². The smallest absolute Gasteiger partial charge is 0.297 e. The van der Waals surface area contributed by atoms with Crippen LogP contribution in [0.3, 0.4) is 0 Å². The van der Waals surface area contributed by atoms with Gasteiger partial charge in [-0.2, -0.15) is 15.3 Å². The Morgan fingerprint density at radius 1 is 1.03 bits per heavy atom. The molecule has 1 saturated heterocycles. The number of ether oxygens (including phenoxy) is 1. The van der Waals surface area contributed by atoms with Gasteiger partial charge in [-0.05, 0) is 49.6 Å². The molecule has 0 N–H and O–H groups in total. The fraction of sp³-hybridized carbons (Fsp3) is 0.280. The molecule has 4 heterocycles. The highest BCUT2D eigenvalue weighted by atomic mass is 16.5. The molecule has 1 aromatic heterocycles. The molecular formula is C25H24N6O2. The lowest BCUT2D eigenvalue weighted by atomic mass is 10.0. The quantitative estimate of drug-likeness (QED) is 0.426. The molecule has 0 radical (unpaired) electrons. The molecular weight excluding hydrogens is 416 g/mol. The van der Waals surface area contributed by atoms with Gasteiger partial charge in [-0.3, -0.25) is 9.48 Å². The Morgan fingerprint density at radius 2 is 1.88 bits per heavy atom. The van der Waals surface area contributed by atoms with Gasteiger partial charge in [-0.1, -0.05) is 30.3 Å². The summed E-state index contributed by atoms with van der Waals surface area (Å²) >= 11 is 0. The van der Waals surface area contributed by atoms with Gasteiger partial charge in [0, 0.05) is 24.4 Å². The van der Waals surface area contributed by atoms with Gasteiger partial charge in [-0.15, -0.1) is 0 Å². The summed E-state index contributed by atoms with van der Waals surface area (Å²) in [7, 11) is 0. The highest BCUT2D eigenvalue weighted by Gasteiger charge is 2.30. The third-order valence-electron chi connectivity index (χ3n) is 6.42. The first-order valence-corrected chi connectivity index (χ1v) is 11.3. The monoisotopic (exact) mass is 440 g/mol. The summed E-state index contributed by atoms with van der Waals surface area (Å²) in [6, 6.07) is 18.0. The first-order chi connectivity index (χ1) is 16.2. The van der Waals surface area contributed by atoms with Gasteiger partial charge in [0.25, 0.3) is 5.56 Å². The molecule has 0 unspecified atom stereocenters. The number of rotatable bonds is 4. The van der Waals surface area contributed by atoms with Gasteiger partial charge < -0.3 is 4.74 Å². The number of para-hydroxylation sites is 1. The van der Waals surface area contributed by atoms with Crippen LogP contribution >= 0.6 is 0 Å². The van der Waals surface area contributed by atoms with Crippen LogP contribution < -0.4 is 5.56 Å². The minimum absolute atomic E-state index is 0.0487. The van der Waals surface area contributed by atoms with E-state index in [-0.39, 0.29) is 17.7 Å². The van der Waals surface area contributed by atoms with Crippen molar-refractivity contribution < 1.29 is 4.74 Å². The second-order valence-corrected chi connectivity index (χ2v) is 8.52. The average molecular weight is 441 g/mol. The van der Waals surface area contributed by atoms with Crippen molar-refractivity contribution in [1.82, 2.24) is 29.3 Å². The molecule has 3 aliphatic heterocycles. The normalized spacial score (nSPS) is 18.8. The highest BCUT2D eigenvalue weighted by Crippen LogP contribution is 2.29. The lowest BCUT2D eigenvalue weighted by Gasteiger charge is -2.28. The van der Waals surface area contributed by atoms with Gasteiger partial charge in [0.15, 0.2) is 5.69 Å². The summed E-state index contributed by atoms with van der Waals surface area (Å²) in [6.07, 6.45) is 5.43. The molecule has 3 aliphatic rings. The van der Waals surface area contributed by atoms with Gasteiger partial charge in [-0.25, -0.2) is 9.36 Å². The predicted octanol–water partition coefficient (Wildman–Crippen LogP) is 3.67. The number of aromatic nitrogens is 6. The number of hydrogen-bond acceptors (Lipinski definition) is 5. The molecule has 2 atom stereocenters. The minimum atomic E-state index is -0.152. The largest absolute Gasteiger partial charge is 0.376 e. The SMILES string of the molecule is C[C@@H]1OCCC[C@H]1n1nc2c3ccccc3n(Cc3ccc(-n4cccn4)cc3)nc-2c1=O. The molecule has 2 aromatic carbocycles. The summed E-state index contributed by atoms with van der Waals surface area (Å²) in [6.45, 7) is 3.28. The standard InChI is InChI=1S/C25H24N6O2/c1-17-21(8-4-15-33-17)31-25(32)24-23(28-31)20-6-2-3-7-22(20)30(27-24)16-18-9-11-19(12-10-18)29-14-5-13-26-29/h2-3,5-7,9-14,17,21H,4,8,15-16H2,1H3/t17-,21+/m0/s1. The van der Waals surface area contributed by atoms with Crippen molar-refractivity contribution in [3.63, 3.8) is 0 Å². The Hall–Kier alpha value is -3.78. The zero-order valence-electron chi connectivity index (χ0n) is 18.3. The van der Waals surface area contributed by atoms with Crippen LogP contribution in [0.4, 0.5) is 0 Å². The van der Waals surface area contributed by atoms with Crippen molar-refractivity contribution in [2.75, 3.05) is 6.61 Å². The van der Waals surface area contributed by atoms with E-state index in [4.69, 9.17) is 14.9 Å². The maximum Gasteiger partial charge on any atom is 0.297 e. The van der Waals surface area contributed by atoms with Crippen molar-refractivity contribution in [2.24, 2.45) is 0 Å². The molecule has 8 heteroatoms. The Bertz CT molecular complexity index is 1430. The van der Waals surface area contributed by atoms with Gasteiger partial charge in [0.1, 0.15) is 5.69 Å². The third kappa shape index (κ3) is 3.43. The van der Waals surface area contributed by atoms with E-state index in [9.17, 15) is 4.79 Å². The maximum atomic E-state index is 13.4. The van der Waals surface area contributed by atoms with Crippen LogP contribution in [-0.4, -0.2) is 42.1 Å². The van der Waals surface area contributed by atoms with Crippen molar-refractivity contribution in [3.05, 3.63) is 82.9 Å². The third-order valence-corrected chi connectivity index (χ3v) is 6.42. The van der Waals surface area contributed by atoms with Gasteiger partial charge in [0.05, 0.1) is 29.9 Å². The van der Waals surface area contributed by atoms with E-state index in [0.717, 1.165) is 41.6 Å². The van der Waals surface area contributed by atoms with Crippen molar-refractivity contribution in [2.45, 2.75) is 38.5 Å². The zero-order valence-corrected chi connectivity index (χ0v) is 18.3. The number of hydrogen-bond donors (Lipinski definition) is 0. The molecule has 0 amide bonds. The van der Waals surface area contributed by atoms with E-state index in [1.165, 1.54) is 0 Å². The molecule has 0 bridgehead atoms. The van der Waals surface area contributed by atoms with Crippen LogP contribution in [0.5, 0.6) is 0 Å². The van der Waals surface area contributed by atoms with E-state index in [0.29, 0.717) is 17.9 Å². The Labute approximate surface area is 190 Å². The lowest BCUT2D eigenvalue weighted by Crippen LogP contribution is -2.35. The van der Waals surface area contributed by atoms with E-state index in [2.05, 4.69) is 17.2 Å². The summed E-state index contributed by atoms with van der Waals surface area (Å²) in [5.41, 5.74) is 3.92. The number of nitrogens with zero attached hydrogens (tertiary/aromatic N) is 6. The van der Waals surface area contributed by atoms with Gasteiger partial charge >= 0.3 is 0 Å². The van der Waals surface area contributed by atoms with E-state index >= 15 is 0 Å². The molecule has 0 spiro atoms. The zero-order chi connectivity index (χ0) is 22.4. The van der Waals surface area contributed by atoms with E-state index in [1.807, 2.05) is 64.9 Å². The summed E-state index contributed by atoms with van der Waals surface area (Å²) < 4.78 is 11.1. The van der Waals surface area contributed by atoms with Crippen LogP contribution in [0, 0.1) is 0 Å². The number of fused-ring (bicyclic) bond motifs is 3. The minimum Gasteiger partial charge on any atom is -0.376 e. The topological polar surface area (TPSA) is 79.8 Å². The van der Waals surface area contributed by atoms with Crippen molar-refractivity contribution in [3.8, 4) is 17.1 Å². The molecule has 1 fully saturated rings. The second-order valence-electron chi connectivity index (χ2n) is 8.52. The Morgan fingerprint density at radius 3 is 2.67 bits per heavy atom. The average Bonchev–Trinajstić information content (AvgIpc) is 3.49. The van der Waals surface area contributed by atoms with E-state index in [1.54, 1.807) is 10.9 Å². The molecule has 0 aliphatic carbocycles. The summed E-state index contributed by atoms with van der Waals surface area (Å²) in [4.78, 5) is 13.4. The molecule has 166 valence electrons. The fourth-order valence-electron chi connectivity index (χ4n) is 4.68. The van der Waals surface area contributed by atoms with E-state index < -0.39 is 0 Å². The predicted molar refractivity (Wildman–Crippen MR) is 125 cm³/mol. The fourth-order valence-corrected chi connectivity index (χ4v) is 4.68. The van der Waals surface area contributed by atoms with Crippen LogP contribution in [0.1, 0.15) is 31.4 Å². The van der Waals surface area contributed by atoms with Gasteiger partial charge in [0.2, 0.25) is 0 Å². The summed E-state index contributed by atoms with van der Waals surface area (Å²) in [5, 5.41) is 14.7. The first kappa shape index (κ1) is 19.9. The second kappa shape index (κ2) is 7.97. The van der Waals surface area contributed by atoms with Crippen LogP contribution in [0.15, 0.2) is 71.8 Å². The molecule has 8 nitrogen and oxygen atoms in total. The molecule has 6 rings (SSSR count). The molecule has 33 heavy (non-hydrogen) atoms. The Balaban J connectivity index is 1.43. The molecule has 0 saturated carbocycles.